The number of rotatable bonds is 7. The highest BCUT2D eigenvalue weighted by Crippen LogP contribution is 2.11. The van der Waals surface area contributed by atoms with Crippen LogP contribution in [0.4, 0.5) is 4.39 Å². The predicted octanol–water partition coefficient (Wildman–Crippen LogP) is 1.68. The van der Waals surface area contributed by atoms with Gasteiger partial charge < -0.3 is 9.84 Å². The molecule has 2 aromatic carbocycles. The van der Waals surface area contributed by atoms with Crippen molar-refractivity contribution < 1.29 is 13.7 Å². The fourth-order valence-electron chi connectivity index (χ4n) is 3.13. The van der Waals surface area contributed by atoms with E-state index in [0.29, 0.717) is 5.69 Å². The van der Waals surface area contributed by atoms with Crippen LogP contribution >= 0.6 is 0 Å². The fourth-order valence-corrected chi connectivity index (χ4v) is 3.13. The van der Waals surface area contributed by atoms with Crippen molar-refractivity contribution in [3.05, 3.63) is 92.2 Å². The molecule has 0 unspecified atom stereocenters. The average molecular weight is 464 g/mol. The number of amides is 1. The van der Waals surface area contributed by atoms with Gasteiger partial charge in [-0.2, -0.15) is 14.8 Å². The second-order valence-electron chi connectivity index (χ2n) is 7.66. The summed E-state index contributed by atoms with van der Waals surface area (Å²) in [5.41, 5.74) is 0.816. The van der Waals surface area contributed by atoms with E-state index in [2.05, 4.69) is 20.6 Å². The van der Waals surface area contributed by atoms with Gasteiger partial charge in [-0.3, -0.25) is 14.2 Å². The molecule has 2 heterocycles. The molecule has 10 nitrogen and oxygen atoms in total. The lowest BCUT2D eigenvalue weighted by Crippen LogP contribution is -2.40. The van der Waals surface area contributed by atoms with Crippen LogP contribution in [0.1, 0.15) is 23.4 Å². The molecule has 0 bridgehead atoms. The van der Waals surface area contributed by atoms with Gasteiger partial charge in [0.1, 0.15) is 5.82 Å². The molecule has 34 heavy (non-hydrogen) atoms. The van der Waals surface area contributed by atoms with Crippen molar-refractivity contribution in [2.45, 2.75) is 26.3 Å². The first kappa shape index (κ1) is 22.8. The zero-order valence-corrected chi connectivity index (χ0v) is 18.5. The van der Waals surface area contributed by atoms with Gasteiger partial charge in [-0.25, -0.2) is 9.18 Å². The molecule has 2 aromatic heterocycles. The average Bonchev–Trinajstić information content (AvgIpc) is 3.30. The van der Waals surface area contributed by atoms with Gasteiger partial charge in [0, 0.05) is 26.4 Å². The first-order valence-electron chi connectivity index (χ1n) is 10.4. The number of nitrogens with one attached hydrogen (secondary N) is 1. The Kier molecular flexibility index (Phi) is 6.44. The molecule has 1 amide bonds. The molecule has 0 atom stereocenters. The summed E-state index contributed by atoms with van der Waals surface area (Å²) in [7, 11) is 1.34. The van der Waals surface area contributed by atoms with Gasteiger partial charge >= 0.3 is 5.69 Å². The van der Waals surface area contributed by atoms with E-state index in [9.17, 15) is 18.8 Å². The highest BCUT2D eigenvalue weighted by molar-refractivity contribution is 5.76. The molecule has 0 aliphatic carbocycles. The van der Waals surface area contributed by atoms with Crippen LogP contribution < -0.4 is 16.6 Å². The highest BCUT2D eigenvalue weighted by atomic mass is 19.1. The van der Waals surface area contributed by atoms with Crippen molar-refractivity contribution in [3.63, 3.8) is 0 Å². The Labute approximate surface area is 192 Å². The van der Waals surface area contributed by atoms with E-state index < -0.39 is 11.2 Å². The molecule has 0 spiro atoms. The zero-order valence-electron chi connectivity index (χ0n) is 18.5. The van der Waals surface area contributed by atoms with E-state index in [1.165, 1.54) is 19.2 Å². The molecule has 0 aliphatic heterocycles. The van der Waals surface area contributed by atoms with Gasteiger partial charge in [-0.15, -0.1) is 0 Å². The third kappa shape index (κ3) is 4.98. The number of aromatic nitrogens is 5. The molecule has 1 N–H and O–H groups in total. The quantitative estimate of drug-likeness (QED) is 0.441. The minimum atomic E-state index is -0.669. The predicted molar refractivity (Wildman–Crippen MR) is 120 cm³/mol. The number of nitrogens with zero attached hydrogens (tertiary/aromatic N) is 5. The molecular formula is C23H21FN6O4. The fraction of sp³-hybridized carbons (Fsp3) is 0.217. The van der Waals surface area contributed by atoms with Crippen molar-refractivity contribution in [2.75, 3.05) is 0 Å². The minimum absolute atomic E-state index is 0.0666. The molecule has 0 radical (unpaired) electrons. The lowest BCUT2D eigenvalue weighted by atomic mass is 10.2. The van der Waals surface area contributed by atoms with Crippen LogP contribution in [-0.2, 0) is 24.8 Å². The standard InChI is InChI=1S/C23H21FN6O4/c1-14-3-9-17(10-4-14)30-23(33)29(2)22(32)20(27-30)21-26-19(34-28-21)12-11-18(31)25-13-15-5-7-16(24)8-6-15/h3-10H,11-13H2,1-2H3,(H,25,31). The maximum atomic E-state index is 13.0. The number of benzene rings is 2. The van der Waals surface area contributed by atoms with Crippen molar-refractivity contribution in [2.24, 2.45) is 7.05 Å². The van der Waals surface area contributed by atoms with Gasteiger partial charge in [-0.1, -0.05) is 35.0 Å². The van der Waals surface area contributed by atoms with E-state index in [1.807, 2.05) is 19.1 Å². The summed E-state index contributed by atoms with van der Waals surface area (Å²) in [5, 5.41) is 10.7. The van der Waals surface area contributed by atoms with Crippen LogP contribution in [0.2, 0.25) is 0 Å². The van der Waals surface area contributed by atoms with Crippen LogP contribution in [-0.4, -0.2) is 30.4 Å². The molecule has 174 valence electrons. The van der Waals surface area contributed by atoms with Crippen molar-refractivity contribution in [1.82, 2.24) is 29.8 Å². The number of carbonyl (C=O) groups excluding carboxylic acids is 1. The van der Waals surface area contributed by atoms with Gasteiger partial charge in [0.2, 0.25) is 17.6 Å². The molecule has 0 fully saturated rings. The summed E-state index contributed by atoms with van der Waals surface area (Å²) in [6.45, 7) is 2.17. The van der Waals surface area contributed by atoms with E-state index in [1.54, 1.807) is 24.3 Å². The SMILES string of the molecule is Cc1ccc(-n2nc(-c3noc(CCC(=O)NCc4ccc(F)cc4)n3)c(=O)n(C)c2=O)cc1. The van der Waals surface area contributed by atoms with Crippen molar-refractivity contribution >= 4 is 5.91 Å². The lowest BCUT2D eigenvalue weighted by Gasteiger charge is -2.08. The van der Waals surface area contributed by atoms with E-state index in [0.717, 1.165) is 20.4 Å². The van der Waals surface area contributed by atoms with Crippen LogP contribution in [0.15, 0.2) is 62.6 Å². The molecule has 0 aliphatic rings. The molecule has 4 aromatic rings. The van der Waals surface area contributed by atoms with Gasteiger partial charge in [0.05, 0.1) is 5.69 Å². The van der Waals surface area contributed by atoms with Crippen molar-refractivity contribution in [3.8, 4) is 17.2 Å². The van der Waals surface area contributed by atoms with Crippen LogP contribution in [0, 0.1) is 12.7 Å². The number of carbonyl (C=O) groups is 1. The van der Waals surface area contributed by atoms with E-state index >= 15 is 0 Å². The largest absolute Gasteiger partial charge is 0.352 e. The molecule has 4 rings (SSSR count). The summed E-state index contributed by atoms with van der Waals surface area (Å²) in [5.74, 6) is -0.543. The summed E-state index contributed by atoms with van der Waals surface area (Å²) in [6, 6.07) is 12.9. The number of hydrogen-bond acceptors (Lipinski definition) is 7. The van der Waals surface area contributed by atoms with Crippen LogP contribution in [0.25, 0.3) is 17.2 Å². The second kappa shape index (κ2) is 9.61. The Morgan fingerprint density at radius 1 is 1.09 bits per heavy atom. The van der Waals surface area contributed by atoms with Crippen LogP contribution in [0.3, 0.4) is 0 Å². The van der Waals surface area contributed by atoms with Crippen molar-refractivity contribution in [1.29, 1.82) is 0 Å². The maximum absolute atomic E-state index is 13.0. The topological polar surface area (TPSA) is 125 Å². The summed E-state index contributed by atoms with van der Waals surface area (Å²) in [4.78, 5) is 41.5. The lowest BCUT2D eigenvalue weighted by molar-refractivity contribution is -0.121. The molecule has 0 saturated carbocycles. The Morgan fingerprint density at radius 3 is 2.50 bits per heavy atom. The third-order valence-electron chi connectivity index (χ3n) is 5.10. The summed E-state index contributed by atoms with van der Waals surface area (Å²) >= 11 is 0. The number of halogens is 1. The molecular weight excluding hydrogens is 443 g/mol. The summed E-state index contributed by atoms with van der Waals surface area (Å²) < 4.78 is 20.1. The zero-order chi connectivity index (χ0) is 24.2. The Balaban J connectivity index is 1.47. The minimum Gasteiger partial charge on any atom is -0.352 e. The Morgan fingerprint density at radius 2 is 1.79 bits per heavy atom. The van der Waals surface area contributed by atoms with Gasteiger partial charge in [-0.05, 0) is 36.8 Å². The normalized spacial score (nSPS) is 10.9. The molecule has 0 saturated heterocycles. The van der Waals surface area contributed by atoms with Gasteiger partial charge in [0.25, 0.3) is 5.56 Å². The van der Waals surface area contributed by atoms with Crippen LogP contribution in [0.5, 0.6) is 0 Å². The maximum Gasteiger partial charge on any atom is 0.351 e. The second-order valence-corrected chi connectivity index (χ2v) is 7.66. The summed E-state index contributed by atoms with van der Waals surface area (Å²) in [6.07, 6.45) is 0.206. The highest BCUT2D eigenvalue weighted by Gasteiger charge is 2.19. The van der Waals surface area contributed by atoms with E-state index in [4.69, 9.17) is 4.52 Å². The first-order valence-corrected chi connectivity index (χ1v) is 10.4. The monoisotopic (exact) mass is 464 g/mol. The Bertz CT molecular complexity index is 1440. The number of aryl methyl sites for hydroxylation is 2. The first-order chi connectivity index (χ1) is 16.3. The third-order valence-corrected chi connectivity index (χ3v) is 5.10. The molecule has 11 heteroatoms. The van der Waals surface area contributed by atoms with E-state index in [-0.39, 0.29) is 48.5 Å². The Hall–Kier alpha value is -4.41. The smallest absolute Gasteiger partial charge is 0.351 e. The number of hydrogen-bond donors (Lipinski definition) is 1. The van der Waals surface area contributed by atoms with Gasteiger partial charge in [0.15, 0.2) is 5.69 Å².